The monoisotopic (exact) mass is 420 g/mol. The topological polar surface area (TPSA) is 118 Å². The summed E-state index contributed by atoms with van der Waals surface area (Å²) >= 11 is 0. The van der Waals surface area contributed by atoms with Gasteiger partial charge in [0.1, 0.15) is 22.4 Å². The quantitative estimate of drug-likeness (QED) is 0.531. The van der Waals surface area contributed by atoms with Gasteiger partial charge in [0, 0.05) is 17.8 Å². The number of amides is 1. The number of carbonyl (C=O) groups excluding carboxylic acids is 1. The summed E-state index contributed by atoms with van der Waals surface area (Å²) in [6.45, 7) is 0. The molecule has 1 aliphatic heterocycles. The summed E-state index contributed by atoms with van der Waals surface area (Å²) in [5, 5.41) is 2.85. The van der Waals surface area contributed by atoms with Crippen LogP contribution in [-0.4, -0.2) is 41.6 Å². The molecule has 0 saturated carbocycles. The molecule has 9 nitrogen and oxygen atoms in total. The molecule has 1 aliphatic rings. The predicted octanol–water partition coefficient (Wildman–Crippen LogP) is 1.16. The van der Waals surface area contributed by atoms with E-state index in [-0.39, 0.29) is 22.6 Å². The van der Waals surface area contributed by atoms with Gasteiger partial charge in [0.2, 0.25) is 15.9 Å². The molecular formula is C19H24N4O5S. The molecule has 156 valence electrons. The fourth-order valence-corrected chi connectivity index (χ4v) is 4.03. The minimum atomic E-state index is -3.68. The van der Waals surface area contributed by atoms with Crippen molar-refractivity contribution in [1.29, 1.82) is 0 Å². The molecule has 29 heavy (non-hydrogen) atoms. The number of carbonyl (C=O) groups is 1. The molecule has 4 N–H and O–H groups in total. The van der Waals surface area contributed by atoms with Crippen molar-refractivity contribution in [2.75, 3.05) is 26.6 Å². The van der Waals surface area contributed by atoms with Crippen LogP contribution in [0.5, 0.6) is 11.5 Å². The Labute approximate surface area is 169 Å². The molecule has 0 bridgehead atoms. The smallest absolute Gasteiger partial charge is 0.244 e. The summed E-state index contributed by atoms with van der Waals surface area (Å²) in [5.41, 5.74) is 7.38. The van der Waals surface area contributed by atoms with Gasteiger partial charge in [-0.05, 0) is 43.3 Å². The van der Waals surface area contributed by atoms with Crippen molar-refractivity contribution in [2.45, 2.75) is 23.4 Å². The SMILES string of the molecule is CNS(=O)(=O)c1cc(C2CC(C(=O)Nc3cccc(OC)c3)NN2)ccc1OC. The van der Waals surface area contributed by atoms with Gasteiger partial charge in [-0.25, -0.2) is 24.0 Å². The number of anilines is 1. The van der Waals surface area contributed by atoms with E-state index < -0.39 is 16.1 Å². The Balaban J connectivity index is 1.73. The van der Waals surface area contributed by atoms with E-state index in [4.69, 9.17) is 9.47 Å². The average Bonchev–Trinajstić information content (AvgIpc) is 3.24. The number of hydrogen-bond acceptors (Lipinski definition) is 7. The second-order valence-electron chi connectivity index (χ2n) is 6.47. The fourth-order valence-electron chi connectivity index (χ4n) is 3.11. The van der Waals surface area contributed by atoms with Gasteiger partial charge in [0.05, 0.1) is 14.2 Å². The van der Waals surface area contributed by atoms with E-state index in [9.17, 15) is 13.2 Å². The maximum absolute atomic E-state index is 12.6. The van der Waals surface area contributed by atoms with Crippen molar-refractivity contribution in [2.24, 2.45) is 0 Å². The van der Waals surface area contributed by atoms with Crippen LogP contribution in [0.3, 0.4) is 0 Å². The third kappa shape index (κ3) is 4.67. The van der Waals surface area contributed by atoms with E-state index in [2.05, 4.69) is 20.9 Å². The van der Waals surface area contributed by atoms with Crippen molar-refractivity contribution >= 4 is 21.6 Å². The number of sulfonamides is 1. The molecule has 1 heterocycles. The van der Waals surface area contributed by atoms with Crippen LogP contribution in [0.15, 0.2) is 47.4 Å². The lowest BCUT2D eigenvalue weighted by atomic mass is 10.0. The molecule has 2 aromatic carbocycles. The summed E-state index contributed by atoms with van der Waals surface area (Å²) in [5.74, 6) is 0.695. The lowest BCUT2D eigenvalue weighted by Gasteiger charge is -2.14. The standard InChI is InChI=1S/C19H24N4O5S/c1-20-29(25,26)18-9-12(7-8-17(18)28-3)15-11-16(23-22-15)19(24)21-13-5-4-6-14(10-13)27-2/h4-10,15-16,20,22-23H,11H2,1-3H3,(H,21,24). The Hall–Kier alpha value is -2.66. The van der Waals surface area contributed by atoms with Crippen LogP contribution in [0, 0.1) is 0 Å². The summed E-state index contributed by atoms with van der Waals surface area (Å²) in [6.07, 6.45) is 0.446. The van der Waals surface area contributed by atoms with Crippen molar-refractivity contribution in [3.63, 3.8) is 0 Å². The molecule has 10 heteroatoms. The molecule has 2 unspecified atom stereocenters. The first-order valence-electron chi connectivity index (χ1n) is 8.95. The Kier molecular flexibility index (Phi) is 6.38. The molecule has 0 aromatic heterocycles. The van der Waals surface area contributed by atoms with Gasteiger partial charge in [-0.15, -0.1) is 0 Å². The Morgan fingerprint density at radius 3 is 2.59 bits per heavy atom. The van der Waals surface area contributed by atoms with Crippen LogP contribution < -0.4 is 30.4 Å². The Morgan fingerprint density at radius 2 is 1.90 bits per heavy atom. The van der Waals surface area contributed by atoms with E-state index in [0.29, 0.717) is 17.9 Å². The molecule has 1 saturated heterocycles. The molecule has 1 fully saturated rings. The van der Waals surface area contributed by atoms with E-state index in [0.717, 1.165) is 5.56 Å². The van der Waals surface area contributed by atoms with Crippen LogP contribution in [0.2, 0.25) is 0 Å². The number of methoxy groups -OCH3 is 2. The summed E-state index contributed by atoms with van der Waals surface area (Å²) in [4.78, 5) is 12.6. The van der Waals surface area contributed by atoms with Crippen LogP contribution >= 0.6 is 0 Å². The first-order chi connectivity index (χ1) is 13.9. The zero-order valence-corrected chi connectivity index (χ0v) is 17.2. The molecule has 3 rings (SSSR count). The van der Waals surface area contributed by atoms with Crippen molar-refractivity contribution in [3.05, 3.63) is 48.0 Å². The maximum atomic E-state index is 12.6. The average molecular weight is 420 g/mol. The second-order valence-corrected chi connectivity index (χ2v) is 8.32. The Bertz CT molecular complexity index is 996. The van der Waals surface area contributed by atoms with Crippen molar-refractivity contribution in [3.8, 4) is 11.5 Å². The van der Waals surface area contributed by atoms with Crippen molar-refractivity contribution in [1.82, 2.24) is 15.6 Å². The molecule has 0 aliphatic carbocycles. The highest BCUT2D eigenvalue weighted by atomic mass is 32.2. The van der Waals surface area contributed by atoms with Gasteiger partial charge in [0.15, 0.2) is 0 Å². The van der Waals surface area contributed by atoms with Gasteiger partial charge in [-0.1, -0.05) is 12.1 Å². The van der Waals surface area contributed by atoms with Gasteiger partial charge in [0.25, 0.3) is 0 Å². The molecular weight excluding hydrogens is 396 g/mol. The number of hydrogen-bond donors (Lipinski definition) is 4. The summed E-state index contributed by atoms with van der Waals surface area (Å²) < 4.78 is 37.2. The van der Waals surface area contributed by atoms with Crippen LogP contribution in [0.4, 0.5) is 5.69 Å². The zero-order chi connectivity index (χ0) is 21.0. The minimum Gasteiger partial charge on any atom is -0.497 e. The summed E-state index contributed by atoms with van der Waals surface area (Å²) in [6, 6.07) is 11.3. The maximum Gasteiger partial charge on any atom is 0.244 e. The van der Waals surface area contributed by atoms with E-state index in [1.807, 2.05) is 0 Å². The number of rotatable bonds is 7. The summed E-state index contributed by atoms with van der Waals surface area (Å²) in [7, 11) is 0.634. The molecule has 0 radical (unpaired) electrons. The third-order valence-electron chi connectivity index (χ3n) is 4.71. The first kappa shape index (κ1) is 21.1. The van der Waals surface area contributed by atoms with Gasteiger partial charge >= 0.3 is 0 Å². The van der Waals surface area contributed by atoms with E-state index in [1.165, 1.54) is 14.2 Å². The highest BCUT2D eigenvalue weighted by molar-refractivity contribution is 7.89. The largest absolute Gasteiger partial charge is 0.497 e. The predicted molar refractivity (Wildman–Crippen MR) is 108 cm³/mol. The second kappa shape index (κ2) is 8.78. The van der Waals surface area contributed by atoms with Gasteiger partial charge < -0.3 is 14.8 Å². The van der Waals surface area contributed by atoms with Crippen LogP contribution in [-0.2, 0) is 14.8 Å². The van der Waals surface area contributed by atoms with Gasteiger partial charge in [-0.2, -0.15) is 0 Å². The van der Waals surface area contributed by atoms with Crippen LogP contribution in [0.1, 0.15) is 18.0 Å². The highest BCUT2D eigenvalue weighted by Crippen LogP contribution is 2.30. The highest BCUT2D eigenvalue weighted by Gasteiger charge is 2.31. The lowest BCUT2D eigenvalue weighted by molar-refractivity contribution is -0.117. The number of hydrazine groups is 1. The molecule has 1 amide bonds. The number of benzene rings is 2. The Morgan fingerprint density at radius 1 is 1.10 bits per heavy atom. The first-order valence-corrected chi connectivity index (χ1v) is 10.4. The van der Waals surface area contributed by atoms with Crippen LogP contribution in [0.25, 0.3) is 0 Å². The zero-order valence-electron chi connectivity index (χ0n) is 16.4. The minimum absolute atomic E-state index is 0.0473. The third-order valence-corrected chi connectivity index (χ3v) is 6.14. The van der Waals surface area contributed by atoms with E-state index in [1.54, 1.807) is 49.6 Å². The lowest BCUT2D eigenvalue weighted by Crippen LogP contribution is -2.39. The molecule has 0 spiro atoms. The van der Waals surface area contributed by atoms with Gasteiger partial charge in [-0.3, -0.25) is 4.79 Å². The fraction of sp³-hybridized carbons (Fsp3) is 0.316. The number of ether oxygens (including phenoxy) is 2. The van der Waals surface area contributed by atoms with E-state index >= 15 is 0 Å². The molecule has 2 atom stereocenters. The van der Waals surface area contributed by atoms with Crippen molar-refractivity contribution < 1.29 is 22.7 Å². The molecule has 2 aromatic rings. The normalized spacial score (nSPS) is 19.0. The number of nitrogens with one attached hydrogen (secondary N) is 4.